The van der Waals surface area contributed by atoms with Gasteiger partial charge in [-0.1, -0.05) is 89.9 Å². The molecule has 1 rings (SSSR count). The van der Waals surface area contributed by atoms with Gasteiger partial charge < -0.3 is 23.5 Å². The molecule has 0 aliphatic carbocycles. The SMILES string of the molecule is CC(C)N(C(C)C)P(OCCC#N)OC1CCN(C)C1.COC(=O)CCCCCCCCCCCCCCCCCCC=O. The van der Waals surface area contributed by atoms with E-state index in [0.29, 0.717) is 31.5 Å². The van der Waals surface area contributed by atoms with Crippen LogP contribution in [0.4, 0.5) is 0 Å². The van der Waals surface area contributed by atoms with Gasteiger partial charge in [0.25, 0.3) is 8.53 Å². The second-order valence-corrected chi connectivity index (χ2v) is 14.2. The molecule has 0 amide bonds. The van der Waals surface area contributed by atoms with Crippen LogP contribution in [0.2, 0.25) is 0 Å². The van der Waals surface area contributed by atoms with Crippen LogP contribution in [0.3, 0.4) is 0 Å². The molecule has 2 unspecified atom stereocenters. The minimum Gasteiger partial charge on any atom is -0.469 e. The third-order valence-corrected chi connectivity index (χ3v) is 10.1. The first-order chi connectivity index (χ1) is 21.3. The van der Waals surface area contributed by atoms with Gasteiger partial charge in [0.1, 0.15) is 6.29 Å². The Balaban J connectivity index is 0.000000853. The number of nitrogens with zero attached hydrogens (tertiary/aromatic N) is 3. The highest BCUT2D eigenvalue weighted by atomic mass is 31.2. The fourth-order valence-corrected chi connectivity index (χ4v) is 7.21. The Morgan fingerprint density at radius 1 is 0.886 bits per heavy atom. The van der Waals surface area contributed by atoms with E-state index in [1.54, 1.807) is 0 Å². The lowest BCUT2D eigenvalue weighted by atomic mass is 10.0. The summed E-state index contributed by atoms with van der Waals surface area (Å²) < 4.78 is 19.0. The van der Waals surface area contributed by atoms with Crippen LogP contribution in [0.1, 0.15) is 156 Å². The van der Waals surface area contributed by atoms with Crippen LogP contribution in [-0.4, -0.2) is 73.9 Å². The van der Waals surface area contributed by atoms with Crippen molar-refractivity contribution < 1.29 is 23.4 Å². The number of ether oxygens (including phenoxy) is 1. The van der Waals surface area contributed by atoms with E-state index in [2.05, 4.69) is 55.1 Å². The highest BCUT2D eigenvalue weighted by Gasteiger charge is 2.31. The lowest BCUT2D eigenvalue weighted by Crippen LogP contribution is -2.35. The molecule has 0 saturated carbocycles. The van der Waals surface area contributed by atoms with Crippen molar-refractivity contribution in [2.24, 2.45) is 0 Å². The Labute approximate surface area is 272 Å². The number of hydrogen-bond acceptors (Lipinski definition) is 8. The average molecular weight is 642 g/mol. The summed E-state index contributed by atoms with van der Waals surface area (Å²) in [5.74, 6) is -0.0760. The molecule has 1 heterocycles. The van der Waals surface area contributed by atoms with Crippen LogP contribution >= 0.6 is 8.53 Å². The lowest BCUT2D eigenvalue weighted by Gasteiger charge is -2.36. The highest BCUT2D eigenvalue weighted by molar-refractivity contribution is 7.44. The van der Waals surface area contributed by atoms with Gasteiger partial charge in [0.15, 0.2) is 0 Å². The summed E-state index contributed by atoms with van der Waals surface area (Å²) in [6.07, 6.45) is 24.7. The van der Waals surface area contributed by atoms with Crippen LogP contribution in [0, 0.1) is 11.3 Å². The molecule has 9 heteroatoms. The first kappa shape index (κ1) is 42.9. The van der Waals surface area contributed by atoms with E-state index in [9.17, 15) is 9.59 Å². The predicted molar refractivity (Wildman–Crippen MR) is 183 cm³/mol. The number of rotatable bonds is 27. The molecule has 1 fully saturated rings. The van der Waals surface area contributed by atoms with E-state index in [4.69, 9.17) is 14.3 Å². The molecule has 0 aromatic rings. The molecule has 0 aromatic heterocycles. The molecular weight excluding hydrogens is 573 g/mol. The molecule has 0 N–H and O–H groups in total. The molecule has 0 radical (unpaired) electrons. The van der Waals surface area contributed by atoms with Gasteiger partial charge in [-0.15, -0.1) is 0 Å². The second-order valence-electron chi connectivity index (χ2n) is 12.8. The quantitative estimate of drug-likeness (QED) is 0.0379. The van der Waals surface area contributed by atoms with Gasteiger partial charge in [-0.3, -0.25) is 4.79 Å². The van der Waals surface area contributed by atoms with E-state index in [0.717, 1.165) is 51.5 Å². The fourth-order valence-electron chi connectivity index (χ4n) is 5.48. The Kier molecular flexibility index (Phi) is 29.8. The van der Waals surface area contributed by atoms with Crippen LogP contribution in [0.5, 0.6) is 0 Å². The van der Waals surface area contributed by atoms with Crippen molar-refractivity contribution in [1.82, 2.24) is 9.57 Å². The Morgan fingerprint density at radius 3 is 1.75 bits per heavy atom. The van der Waals surface area contributed by atoms with Crippen LogP contribution < -0.4 is 0 Å². The minimum atomic E-state index is -1.09. The van der Waals surface area contributed by atoms with Gasteiger partial charge in [0.05, 0.1) is 32.3 Å². The smallest absolute Gasteiger partial charge is 0.305 e. The number of hydrogen-bond donors (Lipinski definition) is 0. The van der Waals surface area contributed by atoms with Crippen molar-refractivity contribution >= 4 is 20.8 Å². The van der Waals surface area contributed by atoms with Gasteiger partial charge in [0.2, 0.25) is 0 Å². The number of carbonyl (C=O) groups is 2. The minimum absolute atomic E-state index is 0.0760. The Bertz CT molecular complexity index is 711. The molecule has 0 spiro atoms. The molecule has 0 aromatic carbocycles. The number of methoxy groups -OCH3 is 1. The van der Waals surface area contributed by atoms with Gasteiger partial charge in [0, 0.05) is 38.0 Å². The number of carbonyl (C=O) groups excluding carboxylic acids is 2. The van der Waals surface area contributed by atoms with E-state index in [-0.39, 0.29) is 12.1 Å². The van der Waals surface area contributed by atoms with Crippen molar-refractivity contribution in [2.75, 3.05) is 33.9 Å². The molecule has 2 atom stereocenters. The standard InChI is InChI=1S/C21H40O3.C14H28N3O2P/c1-24-21(23)19-17-15-13-11-9-7-5-3-2-4-6-8-10-12-14-16-18-20-22;1-12(2)17(13(3)4)20(18-10-6-8-15)19-14-7-9-16(5)11-14/h20H,2-19H2,1H3;12-14H,6-7,9-11H2,1-5H3. The number of aldehydes is 1. The van der Waals surface area contributed by atoms with Crippen molar-refractivity contribution in [3.8, 4) is 6.07 Å². The number of likely N-dealkylation sites (tertiary alicyclic amines) is 1. The summed E-state index contributed by atoms with van der Waals surface area (Å²) in [4.78, 5) is 23.4. The zero-order chi connectivity index (χ0) is 32.8. The van der Waals surface area contributed by atoms with Gasteiger partial charge >= 0.3 is 5.97 Å². The molecule has 1 aliphatic heterocycles. The van der Waals surface area contributed by atoms with Crippen LogP contribution in [-0.2, 0) is 23.4 Å². The number of nitriles is 1. The first-order valence-electron chi connectivity index (χ1n) is 17.7. The van der Waals surface area contributed by atoms with Gasteiger partial charge in [-0.25, -0.2) is 4.67 Å². The molecule has 44 heavy (non-hydrogen) atoms. The van der Waals surface area contributed by atoms with Crippen molar-refractivity contribution in [3.63, 3.8) is 0 Å². The predicted octanol–water partition coefficient (Wildman–Crippen LogP) is 9.36. The third kappa shape index (κ3) is 25.1. The van der Waals surface area contributed by atoms with Crippen molar-refractivity contribution in [3.05, 3.63) is 0 Å². The molecule has 1 saturated heterocycles. The molecular formula is C35H68N3O5P. The van der Waals surface area contributed by atoms with E-state index >= 15 is 0 Å². The molecule has 8 nitrogen and oxygen atoms in total. The van der Waals surface area contributed by atoms with Crippen molar-refractivity contribution in [2.45, 2.75) is 174 Å². The number of unbranched alkanes of at least 4 members (excludes halogenated alkanes) is 16. The highest BCUT2D eigenvalue weighted by Crippen LogP contribution is 2.47. The maximum absolute atomic E-state index is 10.9. The third-order valence-electron chi connectivity index (χ3n) is 7.93. The zero-order valence-electron chi connectivity index (χ0n) is 29.4. The normalized spacial score (nSPS) is 15.8. The molecule has 0 bridgehead atoms. The van der Waals surface area contributed by atoms with Crippen LogP contribution in [0.15, 0.2) is 0 Å². The summed E-state index contributed by atoms with van der Waals surface area (Å²) in [5.41, 5.74) is 0. The summed E-state index contributed by atoms with van der Waals surface area (Å²) >= 11 is 0. The van der Waals surface area contributed by atoms with Crippen molar-refractivity contribution in [1.29, 1.82) is 5.26 Å². The van der Waals surface area contributed by atoms with E-state index in [1.807, 2.05) is 0 Å². The summed E-state index contributed by atoms with van der Waals surface area (Å²) in [7, 11) is 2.49. The monoisotopic (exact) mass is 641 g/mol. The van der Waals surface area contributed by atoms with Gasteiger partial charge in [-0.05, 0) is 54.0 Å². The number of likely N-dealkylation sites (N-methyl/N-ethyl adjacent to an activating group) is 1. The second kappa shape index (κ2) is 30.5. The van der Waals surface area contributed by atoms with E-state index < -0.39 is 8.53 Å². The molecule has 258 valence electrons. The summed E-state index contributed by atoms with van der Waals surface area (Å²) in [6, 6.07) is 2.85. The summed E-state index contributed by atoms with van der Waals surface area (Å²) in [6.45, 7) is 11.1. The number of esters is 1. The maximum Gasteiger partial charge on any atom is 0.305 e. The topological polar surface area (TPSA) is 92.1 Å². The zero-order valence-corrected chi connectivity index (χ0v) is 30.3. The lowest BCUT2D eigenvalue weighted by molar-refractivity contribution is -0.140. The van der Waals surface area contributed by atoms with Crippen LogP contribution in [0.25, 0.3) is 0 Å². The molecule has 1 aliphatic rings. The van der Waals surface area contributed by atoms with E-state index in [1.165, 1.54) is 90.6 Å². The Morgan fingerprint density at radius 2 is 1.36 bits per heavy atom. The largest absolute Gasteiger partial charge is 0.469 e. The summed E-state index contributed by atoms with van der Waals surface area (Å²) in [5, 5.41) is 8.67. The van der Waals surface area contributed by atoms with Gasteiger partial charge in [-0.2, -0.15) is 5.26 Å². The Hall–Kier alpha value is -1.10. The first-order valence-corrected chi connectivity index (χ1v) is 18.8. The fraction of sp³-hybridized carbons (Fsp3) is 0.914. The maximum atomic E-state index is 10.9. The average Bonchev–Trinajstić information content (AvgIpc) is 3.40.